The lowest BCUT2D eigenvalue weighted by Gasteiger charge is -2.16. The highest BCUT2D eigenvalue weighted by Gasteiger charge is 2.14. The van der Waals surface area contributed by atoms with E-state index in [9.17, 15) is 15.0 Å². The van der Waals surface area contributed by atoms with Crippen LogP contribution < -0.4 is 11.1 Å². The van der Waals surface area contributed by atoms with Gasteiger partial charge < -0.3 is 21.3 Å². The first-order valence-electron chi connectivity index (χ1n) is 5.47. The third-order valence-corrected chi connectivity index (χ3v) is 2.58. The van der Waals surface area contributed by atoms with Crippen LogP contribution in [0.15, 0.2) is 18.2 Å². The number of nitrogens with one attached hydrogen (secondary N) is 1. The Hall–Kier alpha value is -1.75. The summed E-state index contributed by atoms with van der Waals surface area (Å²) in [5.74, 6) is -0.429. The van der Waals surface area contributed by atoms with Crippen molar-refractivity contribution in [2.45, 2.75) is 19.9 Å². The Labute approximate surface area is 100 Å². The van der Waals surface area contributed by atoms with Gasteiger partial charge in [-0.1, -0.05) is 13.8 Å². The van der Waals surface area contributed by atoms with Gasteiger partial charge in [0.05, 0.1) is 5.56 Å². The maximum atomic E-state index is 11.7. The van der Waals surface area contributed by atoms with Gasteiger partial charge in [-0.3, -0.25) is 4.79 Å². The zero-order chi connectivity index (χ0) is 13.0. The molecule has 1 atom stereocenters. The molecule has 0 spiro atoms. The van der Waals surface area contributed by atoms with Crippen LogP contribution in [0.4, 0.5) is 0 Å². The predicted molar refractivity (Wildman–Crippen MR) is 64.9 cm³/mol. The summed E-state index contributed by atoms with van der Waals surface area (Å²) < 4.78 is 0. The van der Waals surface area contributed by atoms with Crippen molar-refractivity contribution in [2.75, 3.05) is 6.54 Å². The molecule has 1 rings (SSSR count). The summed E-state index contributed by atoms with van der Waals surface area (Å²) in [6.45, 7) is 4.25. The number of hydrogen-bond donors (Lipinski definition) is 4. The Morgan fingerprint density at radius 1 is 1.41 bits per heavy atom. The van der Waals surface area contributed by atoms with Gasteiger partial charge in [-0.15, -0.1) is 0 Å². The molecule has 0 saturated heterocycles. The Kier molecular flexibility index (Phi) is 4.34. The number of rotatable bonds is 4. The number of phenolic OH excluding ortho intramolecular Hbond substituents is 2. The van der Waals surface area contributed by atoms with Gasteiger partial charge in [0.2, 0.25) is 0 Å². The number of amides is 1. The van der Waals surface area contributed by atoms with Crippen molar-refractivity contribution in [1.82, 2.24) is 5.32 Å². The lowest BCUT2D eigenvalue weighted by molar-refractivity contribution is 0.0946. The maximum absolute atomic E-state index is 11.7. The van der Waals surface area contributed by atoms with Crippen LogP contribution in [0, 0.1) is 5.92 Å². The normalized spacial score (nSPS) is 12.5. The maximum Gasteiger partial charge on any atom is 0.255 e. The minimum absolute atomic E-state index is 0.0426. The fourth-order valence-electron chi connectivity index (χ4n) is 1.25. The molecule has 0 aliphatic heterocycles. The van der Waals surface area contributed by atoms with Crippen LogP contribution in [0.1, 0.15) is 24.2 Å². The molecule has 0 bridgehead atoms. The summed E-state index contributed by atoms with van der Waals surface area (Å²) in [4.78, 5) is 11.7. The molecule has 0 saturated carbocycles. The lowest BCUT2D eigenvalue weighted by atomic mass is 10.1. The van der Waals surface area contributed by atoms with Crippen LogP contribution in [0.3, 0.4) is 0 Å². The fourth-order valence-corrected chi connectivity index (χ4v) is 1.25. The van der Waals surface area contributed by atoms with Gasteiger partial charge in [0.25, 0.3) is 5.91 Å². The Balaban J connectivity index is 2.67. The molecule has 0 aromatic heterocycles. The number of carbonyl (C=O) groups is 1. The summed E-state index contributed by atoms with van der Waals surface area (Å²) in [5.41, 5.74) is 5.83. The summed E-state index contributed by atoms with van der Waals surface area (Å²) in [6.07, 6.45) is 0. The van der Waals surface area contributed by atoms with E-state index < -0.39 is 5.91 Å². The number of carbonyl (C=O) groups excluding carboxylic acids is 1. The van der Waals surface area contributed by atoms with Crippen LogP contribution >= 0.6 is 0 Å². The van der Waals surface area contributed by atoms with Gasteiger partial charge >= 0.3 is 0 Å². The van der Waals surface area contributed by atoms with Crippen molar-refractivity contribution in [3.8, 4) is 11.5 Å². The first-order valence-corrected chi connectivity index (χ1v) is 5.47. The third kappa shape index (κ3) is 3.64. The van der Waals surface area contributed by atoms with E-state index in [1.807, 2.05) is 13.8 Å². The molecule has 0 aliphatic carbocycles. The highest BCUT2D eigenvalue weighted by molar-refractivity contribution is 5.97. The van der Waals surface area contributed by atoms with Gasteiger partial charge in [0.1, 0.15) is 11.5 Å². The lowest BCUT2D eigenvalue weighted by Crippen LogP contribution is -2.40. The van der Waals surface area contributed by atoms with Crippen LogP contribution in [-0.4, -0.2) is 28.7 Å². The smallest absolute Gasteiger partial charge is 0.255 e. The molecule has 1 aromatic carbocycles. The van der Waals surface area contributed by atoms with Gasteiger partial charge in [-0.25, -0.2) is 0 Å². The van der Waals surface area contributed by atoms with E-state index in [0.717, 1.165) is 0 Å². The van der Waals surface area contributed by atoms with E-state index in [4.69, 9.17) is 5.73 Å². The molecule has 5 N–H and O–H groups in total. The van der Waals surface area contributed by atoms with Crippen molar-refractivity contribution >= 4 is 5.91 Å². The predicted octanol–water partition coefficient (Wildman–Crippen LogP) is 0.811. The van der Waals surface area contributed by atoms with E-state index in [1.165, 1.54) is 18.2 Å². The van der Waals surface area contributed by atoms with Crippen molar-refractivity contribution in [2.24, 2.45) is 11.7 Å². The SMILES string of the molecule is CC(C)C(N)CNC(=O)c1cc(O)ccc1O. The van der Waals surface area contributed by atoms with Crippen LogP contribution in [0.25, 0.3) is 0 Å². The number of hydrogen-bond acceptors (Lipinski definition) is 4. The molecule has 1 aromatic rings. The second kappa shape index (κ2) is 5.54. The highest BCUT2D eigenvalue weighted by Crippen LogP contribution is 2.21. The fraction of sp³-hybridized carbons (Fsp3) is 0.417. The molecular weight excluding hydrogens is 220 g/mol. The number of aromatic hydroxyl groups is 2. The minimum Gasteiger partial charge on any atom is -0.508 e. The molecule has 17 heavy (non-hydrogen) atoms. The largest absolute Gasteiger partial charge is 0.508 e. The summed E-state index contributed by atoms with van der Waals surface area (Å²) in [7, 11) is 0. The monoisotopic (exact) mass is 238 g/mol. The quantitative estimate of drug-likeness (QED) is 0.584. The topological polar surface area (TPSA) is 95.6 Å². The Morgan fingerprint density at radius 3 is 2.65 bits per heavy atom. The van der Waals surface area contributed by atoms with Crippen molar-refractivity contribution < 1.29 is 15.0 Å². The number of phenols is 2. The molecule has 5 nitrogen and oxygen atoms in total. The summed E-state index contributed by atoms with van der Waals surface area (Å²) in [6, 6.07) is 3.66. The van der Waals surface area contributed by atoms with Crippen molar-refractivity contribution in [3.63, 3.8) is 0 Å². The highest BCUT2D eigenvalue weighted by atomic mass is 16.3. The van der Waals surface area contributed by atoms with Gasteiger partial charge in [-0.05, 0) is 24.1 Å². The number of nitrogens with two attached hydrogens (primary N) is 1. The summed E-state index contributed by atoms with van der Waals surface area (Å²) in [5, 5.41) is 21.3. The van der Waals surface area contributed by atoms with E-state index >= 15 is 0 Å². The molecule has 0 radical (unpaired) electrons. The standard InChI is InChI=1S/C12H18N2O3/c1-7(2)10(13)6-14-12(17)9-5-8(15)3-4-11(9)16/h3-5,7,10,15-16H,6,13H2,1-2H3,(H,14,17). The van der Waals surface area contributed by atoms with Crippen molar-refractivity contribution in [1.29, 1.82) is 0 Å². The van der Waals surface area contributed by atoms with E-state index in [-0.39, 0.29) is 29.0 Å². The first-order chi connectivity index (χ1) is 7.91. The first kappa shape index (κ1) is 13.3. The Bertz CT molecular complexity index is 405. The average Bonchev–Trinajstić information content (AvgIpc) is 2.28. The second-order valence-corrected chi connectivity index (χ2v) is 4.32. The Morgan fingerprint density at radius 2 is 2.06 bits per heavy atom. The minimum atomic E-state index is -0.450. The zero-order valence-electron chi connectivity index (χ0n) is 9.97. The molecular formula is C12H18N2O3. The van der Waals surface area contributed by atoms with Gasteiger partial charge in [-0.2, -0.15) is 0 Å². The molecule has 0 heterocycles. The third-order valence-electron chi connectivity index (χ3n) is 2.58. The molecule has 0 fully saturated rings. The van der Waals surface area contributed by atoms with Crippen LogP contribution in [0.2, 0.25) is 0 Å². The zero-order valence-corrected chi connectivity index (χ0v) is 9.97. The molecule has 1 amide bonds. The van der Waals surface area contributed by atoms with Gasteiger partial charge in [0, 0.05) is 12.6 Å². The number of benzene rings is 1. The van der Waals surface area contributed by atoms with E-state index in [2.05, 4.69) is 5.32 Å². The van der Waals surface area contributed by atoms with Gasteiger partial charge in [0.15, 0.2) is 0 Å². The van der Waals surface area contributed by atoms with E-state index in [0.29, 0.717) is 6.54 Å². The van der Waals surface area contributed by atoms with Crippen LogP contribution in [-0.2, 0) is 0 Å². The molecule has 1 unspecified atom stereocenters. The summed E-state index contributed by atoms with van der Waals surface area (Å²) >= 11 is 0. The average molecular weight is 238 g/mol. The van der Waals surface area contributed by atoms with Crippen LogP contribution in [0.5, 0.6) is 11.5 Å². The molecule has 94 valence electrons. The molecule has 0 aliphatic rings. The van der Waals surface area contributed by atoms with E-state index in [1.54, 1.807) is 0 Å². The second-order valence-electron chi connectivity index (χ2n) is 4.32. The molecule has 5 heteroatoms. The van der Waals surface area contributed by atoms with Crippen molar-refractivity contribution in [3.05, 3.63) is 23.8 Å².